The Hall–Kier alpha value is -3.21. The van der Waals surface area contributed by atoms with Gasteiger partial charge in [0.1, 0.15) is 5.69 Å². The topological polar surface area (TPSA) is 64.1 Å². The van der Waals surface area contributed by atoms with Gasteiger partial charge in [0.2, 0.25) is 5.88 Å². The maximum Gasteiger partial charge on any atom is 0.274 e. The summed E-state index contributed by atoms with van der Waals surface area (Å²) >= 11 is 0. The normalized spacial score (nSPS) is 10.4. The van der Waals surface area contributed by atoms with E-state index in [0.717, 1.165) is 22.4 Å². The van der Waals surface area contributed by atoms with E-state index in [4.69, 9.17) is 4.74 Å². The fourth-order valence-electron chi connectivity index (χ4n) is 2.40. The molecule has 5 heteroatoms. The van der Waals surface area contributed by atoms with Gasteiger partial charge in [-0.2, -0.15) is 0 Å². The first-order valence-corrected chi connectivity index (χ1v) is 7.93. The van der Waals surface area contributed by atoms with E-state index < -0.39 is 0 Å². The molecular formula is C20H19N3O2. The Labute approximate surface area is 146 Å². The van der Waals surface area contributed by atoms with Crippen LogP contribution < -0.4 is 10.1 Å². The third kappa shape index (κ3) is 3.83. The van der Waals surface area contributed by atoms with Crippen molar-refractivity contribution in [3.8, 4) is 17.1 Å². The van der Waals surface area contributed by atoms with Crippen LogP contribution in [-0.4, -0.2) is 23.0 Å². The standard InChI is InChI=1S/C20H19N3O2/c1-13-4-8-16(9-5-13)22-20(24)19-14(2)6-10-17(23-19)15-7-11-18(25-3)21-12-15/h4-12H,1-3H3,(H,22,24). The number of ether oxygens (including phenoxy) is 1. The van der Waals surface area contributed by atoms with Crippen molar-refractivity contribution in [2.75, 3.05) is 12.4 Å². The molecule has 3 rings (SSSR count). The molecule has 1 aromatic carbocycles. The molecule has 2 heterocycles. The molecule has 0 aliphatic carbocycles. The van der Waals surface area contributed by atoms with Crippen molar-refractivity contribution in [3.05, 3.63) is 71.5 Å². The third-order valence-corrected chi connectivity index (χ3v) is 3.86. The second-order valence-corrected chi connectivity index (χ2v) is 5.77. The predicted molar refractivity (Wildman–Crippen MR) is 97.9 cm³/mol. The average Bonchev–Trinajstić information content (AvgIpc) is 2.64. The van der Waals surface area contributed by atoms with Gasteiger partial charge in [0, 0.05) is 23.5 Å². The lowest BCUT2D eigenvalue weighted by molar-refractivity contribution is 0.102. The number of benzene rings is 1. The van der Waals surface area contributed by atoms with Crippen LogP contribution in [0.15, 0.2) is 54.7 Å². The number of hydrogen-bond donors (Lipinski definition) is 1. The minimum Gasteiger partial charge on any atom is -0.481 e. The summed E-state index contributed by atoms with van der Waals surface area (Å²) in [7, 11) is 1.57. The Bertz CT molecular complexity index is 888. The summed E-state index contributed by atoms with van der Waals surface area (Å²) < 4.78 is 5.07. The van der Waals surface area contributed by atoms with Gasteiger partial charge in [-0.05, 0) is 43.7 Å². The lowest BCUT2D eigenvalue weighted by Crippen LogP contribution is -2.15. The third-order valence-electron chi connectivity index (χ3n) is 3.86. The van der Waals surface area contributed by atoms with Gasteiger partial charge in [-0.3, -0.25) is 4.79 Å². The van der Waals surface area contributed by atoms with Gasteiger partial charge in [-0.1, -0.05) is 23.8 Å². The zero-order valence-corrected chi connectivity index (χ0v) is 14.4. The van der Waals surface area contributed by atoms with Crippen molar-refractivity contribution in [1.29, 1.82) is 0 Å². The first-order chi connectivity index (χ1) is 12.1. The van der Waals surface area contributed by atoms with Crippen LogP contribution in [0, 0.1) is 13.8 Å². The second-order valence-electron chi connectivity index (χ2n) is 5.77. The number of amides is 1. The van der Waals surface area contributed by atoms with E-state index in [9.17, 15) is 4.79 Å². The van der Waals surface area contributed by atoms with Crippen LogP contribution in [0.25, 0.3) is 11.3 Å². The monoisotopic (exact) mass is 333 g/mol. The number of carbonyl (C=O) groups excluding carboxylic acids is 1. The molecule has 2 aromatic heterocycles. The van der Waals surface area contributed by atoms with Gasteiger partial charge >= 0.3 is 0 Å². The summed E-state index contributed by atoms with van der Waals surface area (Å²) in [6.45, 7) is 3.87. The first-order valence-electron chi connectivity index (χ1n) is 7.93. The molecule has 0 aliphatic rings. The van der Waals surface area contributed by atoms with Crippen LogP contribution >= 0.6 is 0 Å². The molecule has 126 valence electrons. The van der Waals surface area contributed by atoms with Crippen molar-refractivity contribution >= 4 is 11.6 Å². The van der Waals surface area contributed by atoms with Gasteiger partial charge in [-0.15, -0.1) is 0 Å². The van der Waals surface area contributed by atoms with Crippen LogP contribution in [0.2, 0.25) is 0 Å². The zero-order valence-electron chi connectivity index (χ0n) is 14.4. The Morgan fingerprint density at radius 1 is 1.00 bits per heavy atom. The van der Waals surface area contributed by atoms with Crippen LogP contribution in [0.4, 0.5) is 5.69 Å². The molecule has 0 aliphatic heterocycles. The molecule has 0 spiro atoms. The molecule has 0 atom stereocenters. The number of anilines is 1. The summed E-state index contributed by atoms with van der Waals surface area (Å²) in [5.41, 5.74) is 4.61. The number of carbonyl (C=O) groups is 1. The maximum atomic E-state index is 12.6. The van der Waals surface area contributed by atoms with Gasteiger partial charge in [0.25, 0.3) is 5.91 Å². The van der Waals surface area contributed by atoms with E-state index in [2.05, 4.69) is 15.3 Å². The smallest absolute Gasteiger partial charge is 0.274 e. The van der Waals surface area contributed by atoms with Crippen LogP contribution in [0.1, 0.15) is 21.6 Å². The highest BCUT2D eigenvalue weighted by molar-refractivity contribution is 6.04. The molecule has 25 heavy (non-hydrogen) atoms. The van der Waals surface area contributed by atoms with E-state index in [1.807, 2.05) is 56.3 Å². The lowest BCUT2D eigenvalue weighted by atomic mass is 10.1. The number of methoxy groups -OCH3 is 1. The van der Waals surface area contributed by atoms with E-state index in [1.165, 1.54) is 0 Å². The van der Waals surface area contributed by atoms with E-state index in [-0.39, 0.29) is 5.91 Å². The molecule has 1 amide bonds. The van der Waals surface area contributed by atoms with Crippen LogP contribution in [0.5, 0.6) is 5.88 Å². The molecule has 0 saturated carbocycles. The molecule has 0 unspecified atom stereocenters. The number of aryl methyl sites for hydroxylation is 2. The Balaban J connectivity index is 1.87. The molecular weight excluding hydrogens is 314 g/mol. The van der Waals surface area contributed by atoms with Crippen molar-refractivity contribution < 1.29 is 9.53 Å². The van der Waals surface area contributed by atoms with Crippen molar-refractivity contribution in [1.82, 2.24) is 9.97 Å². The highest BCUT2D eigenvalue weighted by Crippen LogP contribution is 2.21. The fraction of sp³-hybridized carbons (Fsp3) is 0.150. The first kappa shape index (κ1) is 16.6. The summed E-state index contributed by atoms with van der Waals surface area (Å²) in [6.07, 6.45) is 1.68. The minimum absolute atomic E-state index is 0.232. The van der Waals surface area contributed by atoms with Gasteiger partial charge in [-0.25, -0.2) is 9.97 Å². The SMILES string of the molecule is COc1ccc(-c2ccc(C)c(C(=O)Nc3ccc(C)cc3)n2)cn1. The van der Waals surface area contributed by atoms with Crippen LogP contribution in [-0.2, 0) is 0 Å². The van der Waals surface area contributed by atoms with Gasteiger partial charge in [0.15, 0.2) is 0 Å². The molecule has 0 fully saturated rings. The molecule has 1 N–H and O–H groups in total. The highest BCUT2D eigenvalue weighted by atomic mass is 16.5. The van der Waals surface area contributed by atoms with Gasteiger partial charge < -0.3 is 10.1 Å². The summed E-state index contributed by atoms with van der Waals surface area (Å²) in [5, 5.41) is 2.89. The second kappa shape index (κ2) is 7.13. The lowest BCUT2D eigenvalue weighted by Gasteiger charge is -2.09. The predicted octanol–water partition coefficient (Wildman–Crippen LogP) is 4.02. The fourth-order valence-corrected chi connectivity index (χ4v) is 2.40. The Morgan fingerprint density at radius 3 is 2.40 bits per heavy atom. The van der Waals surface area contributed by atoms with E-state index >= 15 is 0 Å². The zero-order chi connectivity index (χ0) is 17.8. The number of hydrogen-bond acceptors (Lipinski definition) is 4. The Morgan fingerprint density at radius 2 is 1.76 bits per heavy atom. The van der Waals surface area contributed by atoms with Crippen molar-refractivity contribution in [3.63, 3.8) is 0 Å². The van der Waals surface area contributed by atoms with E-state index in [1.54, 1.807) is 19.4 Å². The number of pyridine rings is 2. The van der Waals surface area contributed by atoms with Crippen molar-refractivity contribution in [2.45, 2.75) is 13.8 Å². The number of aromatic nitrogens is 2. The molecule has 0 radical (unpaired) electrons. The summed E-state index contributed by atoms with van der Waals surface area (Å²) in [5.74, 6) is 0.304. The largest absolute Gasteiger partial charge is 0.481 e. The average molecular weight is 333 g/mol. The minimum atomic E-state index is -0.232. The summed E-state index contributed by atoms with van der Waals surface area (Å²) in [4.78, 5) is 21.3. The van der Waals surface area contributed by atoms with Crippen LogP contribution in [0.3, 0.4) is 0 Å². The molecule has 5 nitrogen and oxygen atoms in total. The molecule has 3 aromatic rings. The van der Waals surface area contributed by atoms with E-state index in [0.29, 0.717) is 17.3 Å². The maximum absolute atomic E-state index is 12.6. The number of nitrogens with zero attached hydrogens (tertiary/aromatic N) is 2. The summed E-state index contributed by atoms with van der Waals surface area (Å²) in [6, 6.07) is 15.1. The van der Waals surface area contributed by atoms with Crippen molar-refractivity contribution in [2.24, 2.45) is 0 Å². The quantitative estimate of drug-likeness (QED) is 0.783. The number of nitrogens with one attached hydrogen (secondary N) is 1. The Kier molecular flexibility index (Phi) is 4.75. The number of rotatable bonds is 4. The molecule has 0 bridgehead atoms. The highest BCUT2D eigenvalue weighted by Gasteiger charge is 2.13. The van der Waals surface area contributed by atoms with Gasteiger partial charge in [0.05, 0.1) is 12.8 Å². The molecule has 0 saturated heterocycles.